The number of benzene rings is 1. The summed E-state index contributed by atoms with van der Waals surface area (Å²) in [4.78, 5) is 21.7. The van der Waals surface area contributed by atoms with Crippen LogP contribution in [0.2, 0.25) is 5.02 Å². The number of hydrogen-bond donors (Lipinski definition) is 1. The number of non-ortho nitro benzene ring substituents is 1. The van der Waals surface area contributed by atoms with E-state index in [1.165, 1.54) is 30.4 Å². The van der Waals surface area contributed by atoms with Crippen molar-refractivity contribution in [3.05, 3.63) is 45.0 Å². The predicted molar refractivity (Wildman–Crippen MR) is 75.0 cm³/mol. The van der Waals surface area contributed by atoms with Crippen LogP contribution in [0.1, 0.15) is 26.3 Å². The summed E-state index contributed by atoms with van der Waals surface area (Å²) in [6.07, 6.45) is 2.76. The second kappa shape index (κ2) is 5.84. The number of hydrogen-bond acceptors (Lipinski definition) is 3. The monoisotopic (exact) mass is 282 g/mol. The van der Waals surface area contributed by atoms with Crippen molar-refractivity contribution < 1.29 is 9.72 Å². The van der Waals surface area contributed by atoms with Gasteiger partial charge in [0.25, 0.3) is 5.69 Å². The first-order chi connectivity index (χ1) is 8.69. The number of rotatable bonds is 3. The predicted octanol–water partition coefficient (Wildman–Crippen LogP) is 3.18. The Morgan fingerprint density at radius 1 is 1.42 bits per heavy atom. The molecule has 0 unspecified atom stereocenters. The minimum Gasteiger partial charge on any atom is -0.348 e. The lowest BCUT2D eigenvalue weighted by Crippen LogP contribution is -2.39. The van der Waals surface area contributed by atoms with Crippen molar-refractivity contribution in [3.63, 3.8) is 0 Å². The second-order valence-electron chi connectivity index (χ2n) is 5.04. The fourth-order valence-electron chi connectivity index (χ4n) is 1.35. The van der Waals surface area contributed by atoms with Gasteiger partial charge in [-0.1, -0.05) is 11.6 Å². The van der Waals surface area contributed by atoms with Gasteiger partial charge >= 0.3 is 0 Å². The van der Waals surface area contributed by atoms with Gasteiger partial charge in [0, 0.05) is 34.3 Å². The molecule has 0 bridgehead atoms. The smallest absolute Gasteiger partial charge is 0.270 e. The van der Waals surface area contributed by atoms with Crippen LogP contribution < -0.4 is 5.32 Å². The fraction of sp³-hybridized carbons (Fsp3) is 0.308. The van der Waals surface area contributed by atoms with Crippen LogP contribution in [0.5, 0.6) is 0 Å². The highest BCUT2D eigenvalue weighted by Crippen LogP contribution is 2.23. The molecule has 6 heteroatoms. The van der Waals surface area contributed by atoms with Gasteiger partial charge in [0.1, 0.15) is 0 Å². The molecule has 102 valence electrons. The molecule has 0 spiro atoms. The quantitative estimate of drug-likeness (QED) is 0.526. The van der Waals surface area contributed by atoms with E-state index in [1.807, 2.05) is 20.8 Å². The molecule has 0 atom stereocenters. The summed E-state index contributed by atoms with van der Waals surface area (Å²) >= 11 is 5.91. The minimum absolute atomic E-state index is 0.0692. The summed E-state index contributed by atoms with van der Waals surface area (Å²) in [5, 5.41) is 13.7. The molecule has 0 aromatic heterocycles. The van der Waals surface area contributed by atoms with Gasteiger partial charge < -0.3 is 5.32 Å². The first-order valence-corrected chi connectivity index (χ1v) is 6.01. The Hall–Kier alpha value is -1.88. The Bertz CT molecular complexity index is 533. The van der Waals surface area contributed by atoms with Crippen molar-refractivity contribution in [1.29, 1.82) is 0 Å². The zero-order chi connectivity index (χ0) is 14.6. The standard InChI is InChI=1S/C13H15ClN2O3/c1-13(2,3)15-12(17)7-4-9-8-10(16(18)19)5-6-11(9)14/h4-8H,1-3H3,(H,15,17)/b7-4-. The van der Waals surface area contributed by atoms with Crippen LogP contribution in [-0.4, -0.2) is 16.4 Å². The Labute approximate surface area is 116 Å². The number of carbonyl (C=O) groups excluding carboxylic acids is 1. The zero-order valence-corrected chi connectivity index (χ0v) is 11.7. The molecule has 1 amide bonds. The normalized spacial score (nSPS) is 11.6. The number of carbonyl (C=O) groups is 1. The number of nitro benzene ring substituents is 1. The molecule has 1 aromatic carbocycles. The van der Waals surface area contributed by atoms with Gasteiger partial charge in [0.15, 0.2) is 0 Å². The average Bonchev–Trinajstić information content (AvgIpc) is 2.25. The van der Waals surface area contributed by atoms with Gasteiger partial charge in [0.2, 0.25) is 5.91 Å². The SMILES string of the molecule is CC(C)(C)NC(=O)/C=C\c1cc([N+](=O)[O-])ccc1Cl. The summed E-state index contributed by atoms with van der Waals surface area (Å²) in [7, 11) is 0. The third-order valence-corrected chi connectivity index (χ3v) is 2.45. The first kappa shape index (κ1) is 15.2. The Balaban J connectivity index is 2.90. The maximum Gasteiger partial charge on any atom is 0.270 e. The lowest BCUT2D eigenvalue weighted by atomic mass is 10.1. The Morgan fingerprint density at radius 3 is 2.58 bits per heavy atom. The highest BCUT2D eigenvalue weighted by Gasteiger charge is 2.12. The average molecular weight is 283 g/mol. The molecule has 19 heavy (non-hydrogen) atoms. The molecule has 0 aliphatic heterocycles. The van der Waals surface area contributed by atoms with Gasteiger partial charge in [-0.05, 0) is 32.9 Å². The van der Waals surface area contributed by atoms with Crippen LogP contribution in [0.4, 0.5) is 5.69 Å². The number of nitro groups is 1. The van der Waals surface area contributed by atoms with E-state index in [0.29, 0.717) is 10.6 Å². The number of halogens is 1. The Morgan fingerprint density at radius 2 is 2.05 bits per heavy atom. The molecule has 0 radical (unpaired) electrons. The van der Waals surface area contributed by atoms with Gasteiger partial charge in [0.05, 0.1) is 4.92 Å². The van der Waals surface area contributed by atoms with E-state index in [-0.39, 0.29) is 17.1 Å². The van der Waals surface area contributed by atoms with Crippen molar-refractivity contribution in [3.8, 4) is 0 Å². The van der Waals surface area contributed by atoms with E-state index in [0.717, 1.165) is 0 Å². The summed E-state index contributed by atoms with van der Waals surface area (Å²) in [5.41, 5.74) is 0.0219. The molecule has 0 saturated carbocycles. The van der Waals surface area contributed by atoms with Gasteiger partial charge in [-0.3, -0.25) is 14.9 Å². The molecule has 1 rings (SSSR count). The largest absolute Gasteiger partial charge is 0.348 e. The van der Waals surface area contributed by atoms with Crippen LogP contribution in [0.15, 0.2) is 24.3 Å². The zero-order valence-electron chi connectivity index (χ0n) is 10.9. The highest BCUT2D eigenvalue weighted by atomic mass is 35.5. The number of amides is 1. The summed E-state index contributed by atoms with van der Waals surface area (Å²) in [6.45, 7) is 5.58. The van der Waals surface area contributed by atoms with Crippen LogP contribution in [0.25, 0.3) is 6.08 Å². The molecule has 5 nitrogen and oxygen atoms in total. The maximum atomic E-state index is 11.6. The van der Waals surface area contributed by atoms with Crippen molar-refractivity contribution in [2.24, 2.45) is 0 Å². The highest BCUT2D eigenvalue weighted by molar-refractivity contribution is 6.32. The van der Waals surface area contributed by atoms with Gasteiger partial charge in [-0.2, -0.15) is 0 Å². The third-order valence-electron chi connectivity index (χ3n) is 2.10. The second-order valence-corrected chi connectivity index (χ2v) is 5.44. The van der Waals surface area contributed by atoms with Crippen LogP contribution >= 0.6 is 11.6 Å². The van der Waals surface area contributed by atoms with Crippen molar-refractivity contribution in [2.45, 2.75) is 26.3 Å². The Kier molecular flexibility index (Phi) is 4.67. The van der Waals surface area contributed by atoms with Crippen molar-refractivity contribution in [1.82, 2.24) is 5.32 Å². The van der Waals surface area contributed by atoms with E-state index in [9.17, 15) is 14.9 Å². The van der Waals surface area contributed by atoms with Gasteiger partial charge in [-0.15, -0.1) is 0 Å². The van der Waals surface area contributed by atoms with E-state index >= 15 is 0 Å². The van der Waals surface area contributed by atoms with E-state index in [2.05, 4.69) is 5.32 Å². The summed E-state index contributed by atoms with van der Waals surface area (Å²) in [6, 6.07) is 4.07. The van der Waals surface area contributed by atoms with E-state index in [4.69, 9.17) is 11.6 Å². The van der Waals surface area contributed by atoms with Crippen molar-refractivity contribution in [2.75, 3.05) is 0 Å². The first-order valence-electron chi connectivity index (χ1n) is 5.63. The van der Waals surface area contributed by atoms with E-state index < -0.39 is 4.92 Å². The molecule has 0 aliphatic carbocycles. The fourth-order valence-corrected chi connectivity index (χ4v) is 1.53. The summed E-state index contributed by atoms with van der Waals surface area (Å²) in [5.74, 6) is -0.282. The molecular weight excluding hydrogens is 268 g/mol. The lowest BCUT2D eigenvalue weighted by molar-refractivity contribution is -0.384. The molecule has 0 fully saturated rings. The number of nitrogens with zero attached hydrogens (tertiary/aromatic N) is 1. The van der Waals surface area contributed by atoms with Crippen LogP contribution in [0.3, 0.4) is 0 Å². The molecule has 1 N–H and O–H groups in total. The third kappa shape index (κ3) is 5.09. The molecular formula is C13H15ClN2O3. The topological polar surface area (TPSA) is 72.2 Å². The molecule has 0 saturated heterocycles. The van der Waals surface area contributed by atoms with E-state index in [1.54, 1.807) is 0 Å². The van der Waals surface area contributed by atoms with Gasteiger partial charge in [-0.25, -0.2) is 0 Å². The minimum atomic E-state index is -0.511. The lowest BCUT2D eigenvalue weighted by Gasteiger charge is -2.18. The maximum absolute atomic E-state index is 11.6. The molecule has 0 heterocycles. The summed E-state index contributed by atoms with van der Waals surface area (Å²) < 4.78 is 0. The van der Waals surface area contributed by atoms with Crippen LogP contribution in [0, 0.1) is 10.1 Å². The number of nitrogens with one attached hydrogen (secondary N) is 1. The molecule has 0 aliphatic rings. The molecule has 1 aromatic rings. The van der Waals surface area contributed by atoms with Crippen LogP contribution in [-0.2, 0) is 4.79 Å². The van der Waals surface area contributed by atoms with Crippen molar-refractivity contribution >= 4 is 29.3 Å².